The fraction of sp³-hybridized carbons (Fsp3) is 1.00. The smallest absolute Gasteiger partial charge is 0.327 e. The zero-order valence-corrected chi connectivity index (χ0v) is 7.01. The molecule has 6 heteroatoms. The summed E-state index contributed by atoms with van der Waals surface area (Å²) in [6.07, 6.45) is -0.232. The van der Waals surface area contributed by atoms with Crippen LogP contribution < -0.4 is 0 Å². The molecule has 0 aliphatic carbocycles. The Morgan fingerprint density at radius 2 is 2.00 bits per heavy atom. The molecule has 4 nitrogen and oxygen atoms in total. The molecule has 0 aromatic rings. The number of alkyl halides is 1. The van der Waals surface area contributed by atoms with E-state index < -0.39 is 7.60 Å². The van der Waals surface area contributed by atoms with Crippen LogP contribution in [0.15, 0.2) is 0 Å². The Bertz CT molecular complexity index is 122. The van der Waals surface area contributed by atoms with Gasteiger partial charge in [-0.3, -0.25) is 4.57 Å². The van der Waals surface area contributed by atoms with Crippen molar-refractivity contribution in [3.8, 4) is 0 Å². The second-order valence-corrected chi connectivity index (χ2v) is 3.84. The lowest BCUT2D eigenvalue weighted by atomic mass is 10.8. The van der Waals surface area contributed by atoms with Crippen molar-refractivity contribution in [3.63, 3.8) is 0 Å². The summed E-state index contributed by atoms with van der Waals surface area (Å²) in [6, 6.07) is 0. The fourth-order valence-electron chi connectivity index (χ4n) is 0.340. The SMILES string of the molecule is O=P(O)(O)CCOCCCl. The molecular weight excluding hydrogens is 178 g/mol. The highest BCUT2D eigenvalue weighted by atomic mass is 35.5. The van der Waals surface area contributed by atoms with E-state index in [1.807, 2.05) is 0 Å². The molecule has 0 rings (SSSR count). The minimum atomic E-state index is -3.87. The van der Waals surface area contributed by atoms with Crippen LogP contribution in [0, 0.1) is 0 Å². The molecule has 0 aromatic heterocycles. The van der Waals surface area contributed by atoms with E-state index in [-0.39, 0.29) is 12.8 Å². The molecule has 0 fully saturated rings. The van der Waals surface area contributed by atoms with Gasteiger partial charge in [-0.25, -0.2) is 0 Å². The molecule has 10 heavy (non-hydrogen) atoms. The van der Waals surface area contributed by atoms with Gasteiger partial charge >= 0.3 is 7.60 Å². The van der Waals surface area contributed by atoms with Gasteiger partial charge in [-0.05, 0) is 0 Å². The van der Waals surface area contributed by atoms with Crippen LogP contribution in [0.5, 0.6) is 0 Å². The van der Waals surface area contributed by atoms with Crippen molar-refractivity contribution in [2.75, 3.05) is 25.3 Å². The van der Waals surface area contributed by atoms with E-state index >= 15 is 0 Å². The average molecular weight is 189 g/mol. The Hall–Kier alpha value is 0.400. The van der Waals surface area contributed by atoms with Crippen LogP contribution in [0.2, 0.25) is 0 Å². The Balaban J connectivity index is 3.13. The maximum atomic E-state index is 10.2. The molecule has 0 unspecified atom stereocenters. The molecule has 0 amide bonds. The first-order valence-electron chi connectivity index (χ1n) is 2.74. The predicted molar refractivity (Wildman–Crippen MR) is 38.5 cm³/mol. The standard InChI is InChI=1S/C4H10ClO4P/c5-1-2-9-3-4-10(6,7)8/h1-4H2,(H2,6,7,8). The summed E-state index contributed by atoms with van der Waals surface area (Å²) in [5, 5.41) is 0. The van der Waals surface area contributed by atoms with Crippen LogP contribution in [-0.4, -0.2) is 35.0 Å². The van der Waals surface area contributed by atoms with Crippen molar-refractivity contribution in [2.24, 2.45) is 0 Å². The summed E-state index contributed by atoms with van der Waals surface area (Å²) < 4.78 is 14.9. The number of rotatable bonds is 5. The van der Waals surface area contributed by atoms with Crippen molar-refractivity contribution < 1.29 is 19.1 Å². The zero-order valence-electron chi connectivity index (χ0n) is 5.36. The minimum absolute atomic E-state index is 0.0665. The quantitative estimate of drug-likeness (QED) is 0.373. The third-order valence-corrected chi connectivity index (χ3v) is 1.67. The van der Waals surface area contributed by atoms with Gasteiger partial charge in [0.2, 0.25) is 0 Å². The third-order valence-electron chi connectivity index (χ3n) is 0.748. The minimum Gasteiger partial charge on any atom is -0.380 e. The molecule has 0 aliphatic rings. The normalized spacial score (nSPS) is 11.9. The first-order valence-corrected chi connectivity index (χ1v) is 5.08. The van der Waals surface area contributed by atoms with Crippen LogP contribution in [0.3, 0.4) is 0 Å². The van der Waals surface area contributed by atoms with Crippen LogP contribution >= 0.6 is 19.2 Å². The average Bonchev–Trinajstić information content (AvgIpc) is 1.78. The maximum absolute atomic E-state index is 10.2. The highest BCUT2D eigenvalue weighted by Gasteiger charge is 2.11. The summed E-state index contributed by atoms with van der Waals surface area (Å²) >= 11 is 5.23. The molecule has 2 N–H and O–H groups in total. The second kappa shape index (κ2) is 5.10. The Morgan fingerprint density at radius 1 is 1.40 bits per heavy atom. The van der Waals surface area contributed by atoms with E-state index in [2.05, 4.69) is 0 Å². The topological polar surface area (TPSA) is 66.8 Å². The van der Waals surface area contributed by atoms with Gasteiger partial charge in [-0.1, -0.05) is 0 Å². The Labute approximate surface area is 64.3 Å². The Morgan fingerprint density at radius 3 is 2.40 bits per heavy atom. The third kappa shape index (κ3) is 8.40. The monoisotopic (exact) mass is 188 g/mol. The van der Waals surface area contributed by atoms with Crippen LogP contribution in [0.4, 0.5) is 0 Å². The van der Waals surface area contributed by atoms with Gasteiger partial charge in [-0.2, -0.15) is 0 Å². The van der Waals surface area contributed by atoms with E-state index in [1.165, 1.54) is 0 Å². The molecule has 0 bridgehead atoms. The van der Waals surface area contributed by atoms with Gasteiger partial charge in [0.05, 0.1) is 19.4 Å². The lowest BCUT2D eigenvalue weighted by Crippen LogP contribution is -2.02. The summed E-state index contributed by atoms with van der Waals surface area (Å²) in [5.74, 6) is 0.348. The number of ether oxygens (including phenoxy) is 1. The van der Waals surface area contributed by atoms with Gasteiger partial charge < -0.3 is 14.5 Å². The van der Waals surface area contributed by atoms with Crippen LogP contribution in [0.25, 0.3) is 0 Å². The lowest BCUT2D eigenvalue weighted by Gasteiger charge is -2.02. The van der Waals surface area contributed by atoms with Crippen LogP contribution in [0.1, 0.15) is 0 Å². The van der Waals surface area contributed by atoms with E-state index in [1.54, 1.807) is 0 Å². The van der Waals surface area contributed by atoms with Crippen molar-refractivity contribution in [1.29, 1.82) is 0 Å². The first kappa shape index (κ1) is 10.4. The summed E-state index contributed by atoms with van der Waals surface area (Å²) in [5.41, 5.74) is 0. The second-order valence-electron chi connectivity index (χ2n) is 1.69. The van der Waals surface area contributed by atoms with Crippen molar-refractivity contribution >= 4 is 19.2 Å². The highest BCUT2D eigenvalue weighted by molar-refractivity contribution is 7.51. The van der Waals surface area contributed by atoms with E-state index in [9.17, 15) is 4.57 Å². The van der Waals surface area contributed by atoms with E-state index in [0.29, 0.717) is 12.5 Å². The zero-order chi connectivity index (χ0) is 8.04. The fourth-order valence-corrected chi connectivity index (χ4v) is 0.816. The molecule has 0 spiro atoms. The molecule has 62 valence electrons. The van der Waals surface area contributed by atoms with Gasteiger partial charge in [0, 0.05) is 5.88 Å². The predicted octanol–water partition coefficient (Wildman–Crippen LogP) is 0.419. The molecule has 0 heterocycles. The van der Waals surface area contributed by atoms with Crippen molar-refractivity contribution in [1.82, 2.24) is 0 Å². The van der Waals surface area contributed by atoms with Gasteiger partial charge in [0.1, 0.15) is 0 Å². The number of hydrogen-bond acceptors (Lipinski definition) is 2. The summed E-state index contributed by atoms with van der Waals surface area (Å²) in [6.45, 7) is 0.401. The molecule has 0 aliphatic heterocycles. The molecule has 0 saturated heterocycles. The van der Waals surface area contributed by atoms with E-state index in [4.69, 9.17) is 26.1 Å². The van der Waals surface area contributed by atoms with Crippen molar-refractivity contribution in [2.45, 2.75) is 0 Å². The number of hydrogen-bond donors (Lipinski definition) is 2. The molecule has 0 atom stereocenters. The first-order chi connectivity index (χ1) is 4.56. The molecule has 0 saturated carbocycles. The van der Waals surface area contributed by atoms with Gasteiger partial charge in [0.15, 0.2) is 0 Å². The maximum Gasteiger partial charge on any atom is 0.327 e. The highest BCUT2D eigenvalue weighted by Crippen LogP contribution is 2.33. The lowest BCUT2D eigenvalue weighted by molar-refractivity contribution is 0.161. The summed E-state index contributed by atoms with van der Waals surface area (Å²) in [4.78, 5) is 16.6. The van der Waals surface area contributed by atoms with E-state index in [0.717, 1.165) is 0 Å². The molecular formula is C4H10ClO4P. The van der Waals surface area contributed by atoms with Gasteiger partial charge in [-0.15, -0.1) is 11.6 Å². The van der Waals surface area contributed by atoms with Crippen molar-refractivity contribution in [3.05, 3.63) is 0 Å². The summed E-state index contributed by atoms with van der Waals surface area (Å²) in [7, 11) is -3.87. The van der Waals surface area contributed by atoms with Gasteiger partial charge in [0.25, 0.3) is 0 Å². The molecule has 0 aromatic carbocycles. The molecule has 0 radical (unpaired) electrons. The Kier molecular flexibility index (Phi) is 5.31. The van der Waals surface area contributed by atoms with Crippen LogP contribution in [-0.2, 0) is 9.30 Å². The number of halogens is 1. The largest absolute Gasteiger partial charge is 0.380 e.